The van der Waals surface area contributed by atoms with E-state index < -0.39 is 5.97 Å². The molecule has 0 saturated heterocycles. The summed E-state index contributed by atoms with van der Waals surface area (Å²) in [5, 5.41) is 0. The molecule has 6 nitrogen and oxygen atoms in total. The van der Waals surface area contributed by atoms with E-state index in [4.69, 9.17) is 20.9 Å². The summed E-state index contributed by atoms with van der Waals surface area (Å²) < 4.78 is 11.4. The highest BCUT2D eigenvalue weighted by Crippen LogP contribution is 2.31. The molecule has 0 radical (unpaired) electrons. The Labute approximate surface area is 253 Å². The quantitative estimate of drug-likeness (QED) is 0.0843. The van der Waals surface area contributed by atoms with Crippen LogP contribution in [0.3, 0.4) is 0 Å². The highest BCUT2D eigenvalue weighted by atomic mass is 16.5. The maximum Gasteiger partial charge on any atom is 0.338 e. The third-order valence-electron chi connectivity index (χ3n) is 8.40. The first-order valence-electron chi connectivity index (χ1n) is 16.2. The largest absolute Gasteiger partial charge is 0.462 e. The number of nitrogens with two attached hydrogens (primary N) is 2. The van der Waals surface area contributed by atoms with Crippen molar-refractivity contribution in [2.24, 2.45) is 5.92 Å². The minimum atomic E-state index is -0.413. The predicted octanol–water partition coefficient (Wildman–Crippen LogP) is 8.85. The van der Waals surface area contributed by atoms with Gasteiger partial charge in [0.05, 0.1) is 12.2 Å². The number of benzene rings is 2. The van der Waals surface area contributed by atoms with Gasteiger partial charge >= 0.3 is 11.9 Å². The van der Waals surface area contributed by atoms with E-state index in [2.05, 4.69) is 13.8 Å². The molecule has 3 rings (SSSR count). The summed E-state index contributed by atoms with van der Waals surface area (Å²) in [4.78, 5) is 25.2. The predicted molar refractivity (Wildman–Crippen MR) is 173 cm³/mol. The number of hydrogen-bond donors (Lipinski definition) is 2. The fourth-order valence-electron chi connectivity index (χ4n) is 5.83. The summed E-state index contributed by atoms with van der Waals surface area (Å²) in [5.74, 6) is 0.129. The molecule has 1 aliphatic rings. The molecule has 0 aromatic heterocycles. The van der Waals surface area contributed by atoms with Crippen molar-refractivity contribution in [2.45, 2.75) is 116 Å². The molecule has 1 atom stereocenters. The summed E-state index contributed by atoms with van der Waals surface area (Å²) >= 11 is 0. The van der Waals surface area contributed by atoms with Gasteiger partial charge in [-0.15, -0.1) is 0 Å². The van der Waals surface area contributed by atoms with Crippen molar-refractivity contribution >= 4 is 29.4 Å². The number of nitrogen functional groups attached to an aromatic ring is 2. The topological polar surface area (TPSA) is 105 Å². The van der Waals surface area contributed by atoms with Crippen molar-refractivity contribution in [3.05, 3.63) is 65.2 Å². The molecule has 42 heavy (non-hydrogen) atoms. The van der Waals surface area contributed by atoms with Gasteiger partial charge < -0.3 is 20.9 Å². The molecule has 1 aliphatic carbocycles. The second-order valence-corrected chi connectivity index (χ2v) is 12.0. The Bertz CT molecular complexity index is 1100. The minimum Gasteiger partial charge on any atom is -0.462 e. The van der Waals surface area contributed by atoms with Gasteiger partial charge in [-0.3, -0.25) is 0 Å². The van der Waals surface area contributed by atoms with Gasteiger partial charge in [0.15, 0.2) is 0 Å². The molecule has 0 heterocycles. The Hall–Kier alpha value is -3.28. The molecule has 2 aromatic carbocycles. The fourth-order valence-corrected chi connectivity index (χ4v) is 5.83. The molecule has 1 fully saturated rings. The molecule has 0 amide bonds. The van der Waals surface area contributed by atoms with Crippen LogP contribution in [0.15, 0.2) is 48.5 Å². The number of rotatable bonds is 17. The van der Waals surface area contributed by atoms with Crippen molar-refractivity contribution in [1.29, 1.82) is 0 Å². The van der Waals surface area contributed by atoms with Crippen LogP contribution in [-0.4, -0.2) is 24.6 Å². The summed E-state index contributed by atoms with van der Waals surface area (Å²) in [6.45, 7) is 4.65. The van der Waals surface area contributed by atoms with Crippen LogP contribution in [0.4, 0.5) is 11.4 Å². The lowest BCUT2D eigenvalue weighted by molar-refractivity contribution is -0.138. The highest BCUT2D eigenvalue weighted by Gasteiger charge is 2.24. The fraction of sp³-hybridized carbons (Fsp3) is 0.556. The van der Waals surface area contributed by atoms with Gasteiger partial charge in [-0.1, -0.05) is 83.8 Å². The maximum atomic E-state index is 12.7. The van der Waals surface area contributed by atoms with Crippen molar-refractivity contribution < 1.29 is 19.1 Å². The summed E-state index contributed by atoms with van der Waals surface area (Å²) in [7, 11) is 0. The third kappa shape index (κ3) is 11.9. The van der Waals surface area contributed by atoms with E-state index in [9.17, 15) is 9.59 Å². The van der Waals surface area contributed by atoms with Gasteiger partial charge in [0.1, 0.15) is 6.10 Å². The first-order valence-corrected chi connectivity index (χ1v) is 16.2. The first kappa shape index (κ1) is 33.2. The van der Waals surface area contributed by atoms with Crippen molar-refractivity contribution in [3.8, 4) is 0 Å². The monoisotopic (exact) mass is 576 g/mol. The SMILES string of the molecule is CCCCCCCCC1CCC(OC(=O)c2ccc(C=CC(=O)OCC(CCCC)c3cc(N)cc(N)c3)cc2)CC1. The van der Waals surface area contributed by atoms with Gasteiger partial charge in [-0.05, 0) is 85.6 Å². The first-order chi connectivity index (χ1) is 20.4. The van der Waals surface area contributed by atoms with Gasteiger partial charge in [0.25, 0.3) is 0 Å². The zero-order valence-electron chi connectivity index (χ0n) is 25.8. The van der Waals surface area contributed by atoms with Crippen LogP contribution in [0.25, 0.3) is 6.08 Å². The number of hydrogen-bond acceptors (Lipinski definition) is 6. The molecule has 6 heteroatoms. The van der Waals surface area contributed by atoms with E-state index in [1.807, 2.05) is 24.3 Å². The number of ether oxygens (including phenoxy) is 2. The van der Waals surface area contributed by atoms with Crippen LogP contribution in [0.5, 0.6) is 0 Å². The standard InChI is InChI=1S/C36H52N2O4/c1-3-5-7-8-9-10-11-27-15-20-34(21-16-27)42-36(40)29-18-13-28(14-19-29)17-22-35(39)41-26-30(12-6-4-2)31-23-32(37)25-33(38)24-31/h13-14,17-19,22-25,27,30,34H,3-12,15-16,20-21,26,37-38H2,1-2H3. The number of unbranched alkanes of at least 4 members (excludes halogenated alkanes) is 6. The molecular weight excluding hydrogens is 524 g/mol. The van der Waals surface area contributed by atoms with Gasteiger partial charge in [-0.2, -0.15) is 0 Å². The second kappa shape index (κ2) is 18.3. The Morgan fingerprint density at radius 3 is 2.17 bits per heavy atom. The Morgan fingerprint density at radius 2 is 1.50 bits per heavy atom. The zero-order valence-corrected chi connectivity index (χ0v) is 25.8. The summed E-state index contributed by atoms with van der Waals surface area (Å²) in [6.07, 6.45) is 19.7. The number of carbonyl (C=O) groups is 2. The van der Waals surface area contributed by atoms with Gasteiger partial charge in [-0.25, -0.2) is 9.59 Å². The van der Waals surface area contributed by atoms with Gasteiger partial charge in [0, 0.05) is 23.4 Å². The van der Waals surface area contributed by atoms with E-state index in [0.29, 0.717) is 16.9 Å². The molecular formula is C36H52N2O4. The molecule has 230 valence electrons. The average Bonchev–Trinajstić information content (AvgIpc) is 2.98. The molecule has 4 N–H and O–H groups in total. The third-order valence-corrected chi connectivity index (χ3v) is 8.40. The Kier molecular flexibility index (Phi) is 14.5. The molecule has 1 unspecified atom stereocenters. The number of esters is 2. The summed E-state index contributed by atoms with van der Waals surface area (Å²) in [6, 6.07) is 12.7. The van der Waals surface area contributed by atoms with Crippen molar-refractivity contribution in [2.75, 3.05) is 18.1 Å². The van der Waals surface area contributed by atoms with Crippen LogP contribution in [0, 0.1) is 5.92 Å². The van der Waals surface area contributed by atoms with E-state index in [1.165, 1.54) is 51.0 Å². The van der Waals surface area contributed by atoms with Crippen LogP contribution in [0.1, 0.15) is 131 Å². The van der Waals surface area contributed by atoms with E-state index in [-0.39, 0.29) is 24.6 Å². The lowest BCUT2D eigenvalue weighted by atomic mass is 9.84. The molecule has 2 aromatic rings. The maximum absolute atomic E-state index is 12.7. The van der Waals surface area contributed by atoms with Crippen LogP contribution < -0.4 is 11.5 Å². The van der Waals surface area contributed by atoms with Gasteiger partial charge in [0.2, 0.25) is 0 Å². The Morgan fingerprint density at radius 1 is 0.857 bits per heavy atom. The lowest BCUT2D eigenvalue weighted by Gasteiger charge is -2.28. The van der Waals surface area contributed by atoms with E-state index >= 15 is 0 Å². The molecule has 0 aliphatic heterocycles. The van der Waals surface area contributed by atoms with Crippen molar-refractivity contribution in [3.63, 3.8) is 0 Å². The smallest absolute Gasteiger partial charge is 0.338 e. The normalized spacial score (nSPS) is 17.7. The van der Waals surface area contributed by atoms with Crippen LogP contribution >= 0.6 is 0 Å². The number of carbonyl (C=O) groups excluding carboxylic acids is 2. The second-order valence-electron chi connectivity index (χ2n) is 12.0. The highest BCUT2D eigenvalue weighted by molar-refractivity contribution is 5.90. The summed E-state index contributed by atoms with van der Waals surface area (Å²) in [5.41, 5.74) is 15.5. The average molecular weight is 577 g/mol. The molecule has 0 spiro atoms. The minimum absolute atomic E-state index is 0.0116. The number of anilines is 2. The lowest BCUT2D eigenvalue weighted by Crippen LogP contribution is -2.24. The van der Waals surface area contributed by atoms with E-state index in [0.717, 1.165) is 62.0 Å². The molecule has 0 bridgehead atoms. The van der Waals surface area contributed by atoms with E-state index in [1.54, 1.807) is 24.3 Å². The van der Waals surface area contributed by atoms with Crippen LogP contribution in [-0.2, 0) is 14.3 Å². The van der Waals surface area contributed by atoms with Crippen LogP contribution in [0.2, 0.25) is 0 Å². The Balaban J connectivity index is 1.40. The zero-order chi connectivity index (χ0) is 30.2. The van der Waals surface area contributed by atoms with Crippen molar-refractivity contribution in [1.82, 2.24) is 0 Å². The molecule has 1 saturated carbocycles.